The lowest BCUT2D eigenvalue weighted by molar-refractivity contribution is -0.117. The topological polar surface area (TPSA) is 71.1 Å². The number of rotatable bonds is 4. The Morgan fingerprint density at radius 2 is 1.68 bits per heavy atom. The number of carbonyl (C=O) groups excluding carboxylic acids is 2. The SMILES string of the molecule is O=C(Nc1cccc2cccnc12)c1ccc(NC(=O)C2CC2)cc1. The maximum atomic E-state index is 12.5. The molecule has 2 aromatic carbocycles. The Balaban J connectivity index is 1.49. The van der Waals surface area contributed by atoms with Gasteiger partial charge in [0.1, 0.15) is 0 Å². The molecule has 2 amide bonds. The van der Waals surface area contributed by atoms with Crippen LogP contribution in [0.5, 0.6) is 0 Å². The van der Waals surface area contributed by atoms with Gasteiger partial charge in [0.15, 0.2) is 0 Å². The van der Waals surface area contributed by atoms with E-state index in [1.165, 1.54) is 0 Å². The first-order chi connectivity index (χ1) is 12.2. The zero-order chi connectivity index (χ0) is 17.2. The average Bonchev–Trinajstić information content (AvgIpc) is 3.48. The van der Waals surface area contributed by atoms with Gasteiger partial charge >= 0.3 is 0 Å². The van der Waals surface area contributed by atoms with Crippen LogP contribution >= 0.6 is 0 Å². The monoisotopic (exact) mass is 331 g/mol. The summed E-state index contributed by atoms with van der Waals surface area (Å²) < 4.78 is 0. The van der Waals surface area contributed by atoms with E-state index in [9.17, 15) is 9.59 Å². The summed E-state index contributed by atoms with van der Waals surface area (Å²) in [6, 6.07) is 16.4. The number of hydrogen-bond acceptors (Lipinski definition) is 3. The van der Waals surface area contributed by atoms with Crippen LogP contribution in [0.15, 0.2) is 60.8 Å². The van der Waals surface area contributed by atoms with Gasteiger partial charge in [0.2, 0.25) is 5.91 Å². The lowest BCUT2D eigenvalue weighted by atomic mass is 10.1. The molecule has 1 saturated carbocycles. The molecule has 1 aromatic heterocycles. The van der Waals surface area contributed by atoms with E-state index in [0.29, 0.717) is 16.9 Å². The molecule has 0 saturated heterocycles. The predicted octanol–water partition coefficient (Wildman–Crippen LogP) is 3.84. The number of anilines is 2. The van der Waals surface area contributed by atoms with E-state index < -0.39 is 0 Å². The Morgan fingerprint density at radius 1 is 0.920 bits per heavy atom. The smallest absolute Gasteiger partial charge is 0.255 e. The fourth-order valence-corrected chi connectivity index (χ4v) is 2.69. The molecule has 4 rings (SSSR count). The first kappa shape index (κ1) is 15.3. The van der Waals surface area contributed by atoms with Crippen molar-refractivity contribution in [2.45, 2.75) is 12.8 Å². The zero-order valence-electron chi connectivity index (χ0n) is 13.5. The molecule has 1 heterocycles. The number of para-hydroxylation sites is 1. The standard InChI is InChI=1S/C20H17N3O2/c24-19(14-6-7-14)22-16-10-8-15(9-11-16)20(25)23-17-5-1-3-13-4-2-12-21-18(13)17/h1-5,8-12,14H,6-7H2,(H,22,24)(H,23,25). The van der Waals surface area contributed by atoms with Crippen molar-refractivity contribution in [3.63, 3.8) is 0 Å². The molecular weight excluding hydrogens is 314 g/mol. The van der Waals surface area contributed by atoms with Crippen molar-refractivity contribution in [1.29, 1.82) is 0 Å². The third-order valence-corrected chi connectivity index (χ3v) is 4.24. The lowest BCUT2D eigenvalue weighted by Gasteiger charge is -2.09. The Hall–Kier alpha value is -3.21. The van der Waals surface area contributed by atoms with Gasteiger partial charge in [0.05, 0.1) is 11.2 Å². The summed E-state index contributed by atoms with van der Waals surface area (Å²) >= 11 is 0. The minimum atomic E-state index is -0.210. The molecule has 0 unspecified atom stereocenters. The van der Waals surface area contributed by atoms with Gasteiger partial charge in [0.25, 0.3) is 5.91 Å². The molecule has 124 valence electrons. The number of pyridine rings is 1. The van der Waals surface area contributed by atoms with Crippen LogP contribution in [0.3, 0.4) is 0 Å². The minimum Gasteiger partial charge on any atom is -0.326 e. The molecule has 5 heteroatoms. The number of amides is 2. The van der Waals surface area contributed by atoms with Gasteiger partial charge in [0, 0.05) is 28.8 Å². The molecule has 2 N–H and O–H groups in total. The van der Waals surface area contributed by atoms with Crippen LogP contribution in [-0.2, 0) is 4.79 Å². The van der Waals surface area contributed by atoms with Crippen molar-refractivity contribution < 1.29 is 9.59 Å². The number of benzene rings is 2. The highest BCUT2D eigenvalue weighted by molar-refractivity contribution is 6.08. The van der Waals surface area contributed by atoms with Gasteiger partial charge in [-0.15, -0.1) is 0 Å². The van der Waals surface area contributed by atoms with Crippen LogP contribution in [0.1, 0.15) is 23.2 Å². The lowest BCUT2D eigenvalue weighted by Crippen LogP contribution is -2.14. The van der Waals surface area contributed by atoms with E-state index >= 15 is 0 Å². The molecule has 0 aliphatic heterocycles. The van der Waals surface area contributed by atoms with E-state index in [2.05, 4.69) is 15.6 Å². The molecule has 3 aromatic rings. The highest BCUT2D eigenvalue weighted by atomic mass is 16.2. The highest BCUT2D eigenvalue weighted by Crippen LogP contribution is 2.30. The van der Waals surface area contributed by atoms with Crippen molar-refractivity contribution in [1.82, 2.24) is 4.98 Å². The fourth-order valence-electron chi connectivity index (χ4n) is 2.69. The first-order valence-corrected chi connectivity index (χ1v) is 8.27. The number of aromatic nitrogens is 1. The van der Waals surface area contributed by atoms with E-state index in [-0.39, 0.29) is 17.7 Å². The van der Waals surface area contributed by atoms with E-state index in [4.69, 9.17) is 0 Å². The van der Waals surface area contributed by atoms with Gasteiger partial charge in [-0.2, -0.15) is 0 Å². The van der Waals surface area contributed by atoms with Crippen molar-refractivity contribution in [3.8, 4) is 0 Å². The number of hydrogen-bond donors (Lipinski definition) is 2. The third-order valence-electron chi connectivity index (χ3n) is 4.24. The highest BCUT2D eigenvalue weighted by Gasteiger charge is 2.29. The van der Waals surface area contributed by atoms with Crippen molar-refractivity contribution in [2.24, 2.45) is 5.92 Å². The van der Waals surface area contributed by atoms with Gasteiger partial charge in [-0.25, -0.2) is 0 Å². The Bertz CT molecular complexity index is 941. The molecule has 0 atom stereocenters. The summed E-state index contributed by atoms with van der Waals surface area (Å²) in [4.78, 5) is 28.6. The summed E-state index contributed by atoms with van der Waals surface area (Å²) in [6.45, 7) is 0. The minimum absolute atomic E-state index is 0.0547. The summed E-state index contributed by atoms with van der Waals surface area (Å²) in [5, 5.41) is 6.73. The van der Waals surface area contributed by atoms with Crippen molar-refractivity contribution in [3.05, 3.63) is 66.4 Å². The van der Waals surface area contributed by atoms with Gasteiger partial charge < -0.3 is 10.6 Å². The van der Waals surface area contributed by atoms with Crippen LogP contribution < -0.4 is 10.6 Å². The van der Waals surface area contributed by atoms with E-state index in [1.54, 1.807) is 30.5 Å². The Kier molecular flexibility index (Phi) is 3.90. The summed E-state index contributed by atoms with van der Waals surface area (Å²) in [6.07, 6.45) is 3.63. The first-order valence-electron chi connectivity index (χ1n) is 8.27. The summed E-state index contributed by atoms with van der Waals surface area (Å²) in [5.41, 5.74) is 2.67. The zero-order valence-corrected chi connectivity index (χ0v) is 13.5. The van der Waals surface area contributed by atoms with Gasteiger partial charge in [-0.05, 0) is 49.2 Å². The fraction of sp³-hybridized carbons (Fsp3) is 0.150. The predicted molar refractivity (Wildman–Crippen MR) is 97.5 cm³/mol. The molecule has 0 spiro atoms. The van der Waals surface area contributed by atoms with Crippen molar-refractivity contribution in [2.75, 3.05) is 10.6 Å². The quantitative estimate of drug-likeness (QED) is 0.763. The average molecular weight is 331 g/mol. The molecule has 0 radical (unpaired) electrons. The van der Waals surface area contributed by atoms with E-state index in [0.717, 1.165) is 23.7 Å². The van der Waals surface area contributed by atoms with Gasteiger partial charge in [-0.1, -0.05) is 18.2 Å². The molecular formula is C20H17N3O2. The van der Waals surface area contributed by atoms with Crippen LogP contribution in [0, 0.1) is 5.92 Å². The van der Waals surface area contributed by atoms with Crippen LogP contribution in [0.4, 0.5) is 11.4 Å². The molecule has 1 fully saturated rings. The van der Waals surface area contributed by atoms with Crippen LogP contribution in [0.2, 0.25) is 0 Å². The summed E-state index contributed by atoms with van der Waals surface area (Å²) in [7, 11) is 0. The molecule has 1 aliphatic rings. The van der Waals surface area contributed by atoms with Crippen molar-refractivity contribution >= 4 is 34.1 Å². The van der Waals surface area contributed by atoms with Gasteiger partial charge in [-0.3, -0.25) is 14.6 Å². The maximum Gasteiger partial charge on any atom is 0.255 e. The Morgan fingerprint density at radius 3 is 2.44 bits per heavy atom. The maximum absolute atomic E-state index is 12.5. The third kappa shape index (κ3) is 3.35. The Labute approximate surface area is 145 Å². The second-order valence-corrected chi connectivity index (χ2v) is 6.18. The molecule has 0 bridgehead atoms. The van der Waals surface area contributed by atoms with Crippen LogP contribution in [-0.4, -0.2) is 16.8 Å². The molecule has 25 heavy (non-hydrogen) atoms. The number of nitrogens with zero attached hydrogens (tertiary/aromatic N) is 1. The second-order valence-electron chi connectivity index (χ2n) is 6.18. The molecule has 5 nitrogen and oxygen atoms in total. The molecule has 1 aliphatic carbocycles. The number of carbonyl (C=O) groups is 2. The largest absolute Gasteiger partial charge is 0.326 e. The number of nitrogens with one attached hydrogen (secondary N) is 2. The number of fused-ring (bicyclic) bond motifs is 1. The second kappa shape index (κ2) is 6.36. The summed E-state index contributed by atoms with van der Waals surface area (Å²) in [5.74, 6) is -0.000842. The normalized spacial score (nSPS) is 13.4. The van der Waals surface area contributed by atoms with E-state index in [1.807, 2.05) is 30.3 Å². The van der Waals surface area contributed by atoms with Crippen LogP contribution in [0.25, 0.3) is 10.9 Å².